The Morgan fingerprint density at radius 1 is 1.35 bits per heavy atom. The van der Waals surface area contributed by atoms with E-state index in [-0.39, 0.29) is 12.0 Å². The van der Waals surface area contributed by atoms with Crippen LogP contribution in [0.25, 0.3) is 5.70 Å². The highest BCUT2D eigenvalue weighted by molar-refractivity contribution is 6.30. The molecule has 0 spiro atoms. The summed E-state index contributed by atoms with van der Waals surface area (Å²) in [7, 11) is 0. The minimum atomic E-state index is -0.705. The molecule has 2 heterocycles. The van der Waals surface area contributed by atoms with Gasteiger partial charge >= 0.3 is 0 Å². The molecule has 0 saturated carbocycles. The fourth-order valence-corrected chi connectivity index (χ4v) is 4.58. The van der Waals surface area contributed by atoms with Crippen molar-refractivity contribution in [3.8, 4) is 12.3 Å². The Bertz CT molecular complexity index is 1180. The minimum absolute atomic E-state index is 0.0196. The molecular formula is C30H33ClF2N4. The van der Waals surface area contributed by atoms with Crippen molar-refractivity contribution in [3.63, 3.8) is 0 Å². The van der Waals surface area contributed by atoms with Gasteiger partial charge in [0, 0.05) is 36.3 Å². The molecule has 7 heteroatoms. The Morgan fingerprint density at radius 2 is 2.14 bits per heavy atom. The molecule has 1 N–H and O–H groups in total. The van der Waals surface area contributed by atoms with Crippen LogP contribution in [0.5, 0.6) is 0 Å². The van der Waals surface area contributed by atoms with Crippen LogP contribution in [0.15, 0.2) is 72.0 Å². The monoisotopic (exact) mass is 522 g/mol. The molecule has 1 aliphatic rings. The van der Waals surface area contributed by atoms with Crippen molar-refractivity contribution in [2.75, 3.05) is 24.7 Å². The van der Waals surface area contributed by atoms with Crippen LogP contribution in [0, 0.1) is 18.3 Å². The third kappa shape index (κ3) is 8.03. The zero-order chi connectivity index (χ0) is 26.6. The molecule has 0 radical (unpaired) electrons. The van der Waals surface area contributed by atoms with Gasteiger partial charge in [0.25, 0.3) is 0 Å². The van der Waals surface area contributed by atoms with Crippen LogP contribution >= 0.6 is 11.6 Å². The van der Waals surface area contributed by atoms with Crippen molar-refractivity contribution >= 4 is 35.0 Å². The van der Waals surface area contributed by atoms with Crippen LogP contribution < -0.4 is 10.2 Å². The summed E-state index contributed by atoms with van der Waals surface area (Å²) in [4.78, 5) is 11.6. The second kappa shape index (κ2) is 14.3. The first-order chi connectivity index (χ1) is 18.0. The van der Waals surface area contributed by atoms with Crippen LogP contribution in [0.2, 0.25) is 5.02 Å². The number of alkyl halides is 1. The Labute approximate surface area is 223 Å². The van der Waals surface area contributed by atoms with E-state index in [1.165, 1.54) is 11.6 Å². The molecule has 1 aromatic carbocycles. The summed E-state index contributed by atoms with van der Waals surface area (Å²) in [5, 5.41) is 4.09. The van der Waals surface area contributed by atoms with Crippen LogP contribution in [0.1, 0.15) is 37.4 Å². The number of hydrogen-bond donors (Lipinski definition) is 1. The molecule has 3 rings (SSSR count). The van der Waals surface area contributed by atoms with Gasteiger partial charge in [-0.15, -0.1) is 12.3 Å². The lowest BCUT2D eigenvalue weighted by Crippen LogP contribution is -2.35. The Kier molecular flexibility index (Phi) is 10.9. The molecule has 1 saturated heterocycles. The number of rotatable bonds is 12. The van der Waals surface area contributed by atoms with Crippen LogP contribution in [0.3, 0.4) is 0 Å². The average Bonchev–Trinajstić information content (AvgIpc) is 3.39. The lowest BCUT2D eigenvalue weighted by atomic mass is 9.94. The fraction of sp³-hybridized carbons (Fsp3) is 0.333. The summed E-state index contributed by atoms with van der Waals surface area (Å²) < 4.78 is 26.2. The molecule has 1 fully saturated rings. The largest absolute Gasteiger partial charge is 0.383 e. The number of nitrogens with zero attached hydrogens (tertiary/aromatic N) is 3. The third-order valence-corrected chi connectivity index (χ3v) is 6.54. The zero-order valence-corrected chi connectivity index (χ0v) is 21.9. The van der Waals surface area contributed by atoms with Crippen molar-refractivity contribution in [2.45, 2.75) is 38.6 Å². The molecule has 1 aliphatic heterocycles. The van der Waals surface area contributed by atoms with Crippen molar-refractivity contribution < 1.29 is 8.78 Å². The van der Waals surface area contributed by atoms with E-state index in [9.17, 15) is 8.78 Å². The topological polar surface area (TPSA) is 40.5 Å². The number of halogens is 3. The van der Waals surface area contributed by atoms with E-state index in [1.54, 1.807) is 6.21 Å². The van der Waals surface area contributed by atoms with Gasteiger partial charge in [0.1, 0.15) is 24.0 Å². The number of aromatic nitrogens is 1. The Morgan fingerprint density at radius 3 is 2.84 bits per heavy atom. The van der Waals surface area contributed by atoms with E-state index >= 15 is 0 Å². The number of anilines is 1. The van der Waals surface area contributed by atoms with Crippen molar-refractivity contribution in [2.24, 2.45) is 10.9 Å². The summed E-state index contributed by atoms with van der Waals surface area (Å²) in [6.07, 6.45) is 14.3. The number of aliphatic imine (C=N–C) groups is 1. The van der Waals surface area contributed by atoms with E-state index < -0.39 is 12.5 Å². The Balaban J connectivity index is 1.76. The summed E-state index contributed by atoms with van der Waals surface area (Å²) >= 11 is 5.98. The van der Waals surface area contributed by atoms with Gasteiger partial charge in [-0.2, -0.15) is 0 Å². The molecule has 0 aliphatic carbocycles. The molecule has 0 amide bonds. The molecule has 1 unspecified atom stereocenters. The van der Waals surface area contributed by atoms with Crippen molar-refractivity contribution in [3.05, 3.63) is 83.3 Å². The van der Waals surface area contributed by atoms with E-state index in [4.69, 9.17) is 23.0 Å². The standard InChI is InChI=1S/C30H33ClF2N4/c1-4-24(12-15-26(33)8-6-19-32)28-9-7-21-37(28)29-17-16-27(34-5-2)30(36-29)22(3)35-20-18-23-10-13-25(31)14-11-23/h1,5-6,8,10-11,13-17,24,28,35H,3,7,9,12,18-21H2,2H3/b8-6-,26-15+,34-5?/t24-,28?/m1/s1. The molecule has 2 atom stereocenters. The van der Waals surface area contributed by atoms with Crippen molar-refractivity contribution in [1.29, 1.82) is 0 Å². The highest BCUT2D eigenvalue weighted by Gasteiger charge is 2.31. The van der Waals surface area contributed by atoms with Crippen LogP contribution in [-0.4, -0.2) is 37.0 Å². The maximum Gasteiger partial charge on any atom is 0.129 e. The lowest BCUT2D eigenvalue weighted by molar-refractivity contribution is 0.511. The van der Waals surface area contributed by atoms with E-state index in [0.29, 0.717) is 29.4 Å². The molecule has 2 aromatic rings. The molecule has 0 bridgehead atoms. The lowest BCUT2D eigenvalue weighted by Gasteiger charge is -2.30. The summed E-state index contributed by atoms with van der Waals surface area (Å²) in [5.41, 5.74) is 3.26. The number of terminal acetylenes is 1. The van der Waals surface area contributed by atoms with Gasteiger partial charge in [0.15, 0.2) is 0 Å². The number of allylic oxidation sites excluding steroid dienone is 4. The number of benzene rings is 1. The predicted molar refractivity (Wildman–Crippen MR) is 152 cm³/mol. The molecule has 194 valence electrons. The van der Waals surface area contributed by atoms with Crippen molar-refractivity contribution in [1.82, 2.24) is 10.3 Å². The third-order valence-electron chi connectivity index (χ3n) is 6.28. The number of nitrogens with one attached hydrogen (secondary N) is 1. The maximum atomic E-state index is 14.0. The molecule has 1 aromatic heterocycles. The van der Waals surface area contributed by atoms with Gasteiger partial charge in [0.2, 0.25) is 0 Å². The first kappa shape index (κ1) is 28.1. The fourth-order valence-electron chi connectivity index (χ4n) is 4.46. The second-order valence-electron chi connectivity index (χ2n) is 8.76. The normalized spacial score (nSPS) is 16.9. The van der Waals surface area contributed by atoms with Gasteiger partial charge in [-0.3, -0.25) is 4.99 Å². The average molecular weight is 523 g/mol. The molecule has 37 heavy (non-hydrogen) atoms. The van der Waals surface area contributed by atoms with E-state index in [0.717, 1.165) is 49.5 Å². The first-order valence-corrected chi connectivity index (χ1v) is 12.8. The van der Waals surface area contributed by atoms with Gasteiger partial charge in [-0.05, 0) is 74.6 Å². The quantitative estimate of drug-likeness (QED) is 0.181. The highest BCUT2D eigenvalue weighted by Crippen LogP contribution is 2.33. The number of pyridine rings is 1. The van der Waals surface area contributed by atoms with Crippen LogP contribution in [-0.2, 0) is 6.42 Å². The SMILES string of the molecule is C#C[C@H](C/C=C(F)\C=C/CF)C1CCCN1c1ccc(N=CC)c(C(=C)NCCc2ccc(Cl)cc2)n1. The Hall–Kier alpha value is -3.43. The summed E-state index contributed by atoms with van der Waals surface area (Å²) in [6.45, 7) is 6.86. The smallest absolute Gasteiger partial charge is 0.129 e. The van der Waals surface area contributed by atoms with Gasteiger partial charge in [-0.25, -0.2) is 13.8 Å². The number of hydrogen-bond acceptors (Lipinski definition) is 4. The minimum Gasteiger partial charge on any atom is -0.383 e. The van der Waals surface area contributed by atoms with Gasteiger partial charge < -0.3 is 10.2 Å². The molecular weight excluding hydrogens is 490 g/mol. The van der Waals surface area contributed by atoms with Gasteiger partial charge in [-0.1, -0.05) is 36.4 Å². The first-order valence-electron chi connectivity index (χ1n) is 12.4. The summed E-state index contributed by atoms with van der Waals surface area (Å²) in [5.74, 6) is 2.93. The summed E-state index contributed by atoms with van der Waals surface area (Å²) in [6, 6.07) is 11.7. The predicted octanol–water partition coefficient (Wildman–Crippen LogP) is 7.25. The molecule has 4 nitrogen and oxygen atoms in total. The van der Waals surface area contributed by atoms with Crippen LogP contribution in [0.4, 0.5) is 20.3 Å². The van der Waals surface area contributed by atoms with Gasteiger partial charge in [0.05, 0.1) is 11.4 Å². The highest BCUT2D eigenvalue weighted by atomic mass is 35.5. The second-order valence-corrected chi connectivity index (χ2v) is 9.20. The maximum absolute atomic E-state index is 14.0. The van der Waals surface area contributed by atoms with E-state index in [2.05, 4.69) is 27.7 Å². The zero-order valence-electron chi connectivity index (χ0n) is 21.1. The van der Waals surface area contributed by atoms with E-state index in [1.807, 2.05) is 43.3 Å².